The summed E-state index contributed by atoms with van der Waals surface area (Å²) in [5, 5.41) is 8.93. The normalized spacial score (nSPS) is 18.5. The Bertz CT molecular complexity index is 543. The number of hydrogen-bond donors (Lipinski definition) is 1. The molecule has 0 bridgehead atoms. The number of hydrogen-bond acceptors (Lipinski definition) is 5. The van der Waals surface area contributed by atoms with E-state index >= 15 is 0 Å². The first kappa shape index (κ1) is 13.0. The molecule has 1 aromatic heterocycles. The summed E-state index contributed by atoms with van der Waals surface area (Å²) in [7, 11) is 1.23. The lowest BCUT2D eigenvalue weighted by molar-refractivity contribution is -0.141. The minimum absolute atomic E-state index is 0.0316. The average molecular weight is 264 g/mol. The number of carboxylic acid groups (broad SMARTS) is 1. The fourth-order valence-corrected chi connectivity index (χ4v) is 1.99. The zero-order chi connectivity index (χ0) is 14.0. The molecule has 0 spiro atoms. The number of carboxylic acids is 1. The van der Waals surface area contributed by atoms with Gasteiger partial charge < -0.3 is 14.7 Å². The van der Waals surface area contributed by atoms with Gasteiger partial charge in [0.15, 0.2) is 0 Å². The predicted octanol–water partition coefficient (Wildman–Crippen LogP) is 0.306. The molecule has 100 valence electrons. The molecule has 7 heteroatoms. The van der Waals surface area contributed by atoms with Crippen LogP contribution in [0.4, 0.5) is 5.69 Å². The molecule has 1 fully saturated rings. The monoisotopic (exact) mass is 264 g/mol. The molecule has 0 saturated carbocycles. The number of methoxy groups -OCH3 is 1. The molecule has 1 aliphatic rings. The third kappa shape index (κ3) is 2.40. The van der Waals surface area contributed by atoms with Crippen molar-refractivity contribution in [2.24, 2.45) is 5.92 Å². The number of aliphatic carboxylic acids is 1. The summed E-state index contributed by atoms with van der Waals surface area (Å²) >= 11 is 0. The summed E-state index contributed by atoms with van der Waals surface area (Å²) < 4.78 is 4.63. The number of pyridine rings is 1. The van der Waals surface area contributed by atoms with Gasteiger partial charge in [0.2, 0.25) is 5.91 Å². The van der Waals surface area contributed by atoms with E-state index < -0.39 is 17.9 Å². The van der Waals surface area contributed by atoms with E-state index in [1.807, 2.05) is 0 Å². The number of ether oxygens (including phenoxy) is 1. The number of nitrogens with zero attached hydrogens (tertiary/aromatic N) is 2. The molecule has 19 heavy (non-hydrogen) atoms. The van der Waals surface area contributed by atoms with Gasteiger partial charge in [-0.1, -0.05) is 0 Å². The van der Waals surface area contributed by atoms with E-state index in [0.717, 1.165) is 0 Å². The van der Waals surface area contributed by atoms with Gasteiger partial charge in [0.1, 0.15) is 0 Å². The first-order valence-corrected chi connectivity index (χ1v) is 5.60. The molecule has 2 rings (SSSR count). The summed E-state index contributed by atoms with van der Waals surface area (Å²) in [6.07, 6.45) is 2.68. The summed E-state index contributed by atoms with van der Waals surface area (Å²) in [6.45, 7) is 0.0316. The zero-order valence-corrected chi connectivity index (χ0v) is 10.2. The lowest BCUT2D eigenvalue weighted by Crippen LogP contribution is -2.27. The van der Waals surface area contributed by atoms with E-state index in [4.69, 9.17) is 5.11 Å². The molecule has 2 heterocycles. The molecule has 0 aliphatic carbocycles. The smallest absolute Gasteiger partial charge is 0.340 e. The van der Waals surface area contributed by atoms with Crippen molar-refractivity contribution in [3.8, 4) is 0 Å². The van der Waals surface area contributed by atoms with Crippen LogP contribution < -0.4 is 4.90 Å². The van der Waals surface area contributed by atoms with Gasteiger partial charge in [0.25, 0.3) is 0 Å². The predicted molar refractivity (Wildman–Crippen MR) is 63.7 cm³/mol. The van der Waals surface area contributed by atoms with Gasteiger partial charge in [0, 0.05) is 19.2 Å². The maximum absolute atomic E-state index is 11.8. The van der Waals surface area contributed by atoms with Crippen molar-refractivity contribution in [2.45, 2.75) is 6.42 Å². The van der Waals surface area contributed by atoms with Crippen molar-refractivity contribution < 1.29 is 24.2 Å². The Morgan fingerprint density at radius 3 is 2.84 bits per heavy atom. The lowest BCUT2D eigenvalue weighted by Gasteiger charge is -2.18. The first-order chi connectivity index (χ1) is 9.04. The molecule has 1 N–H and O–H groups in total. The third-order valence-electron chi connectivity index (χ3n) is 2.97. The Morgan fingerprint density at radius 1 is 1.53 bits per heavy atom. The standard InChI is InChI=1S/C12H12N2O5/c1-19-12(18)8-2-3-13-5-9(8)14-6-7(11(16)17)4-10(14)15/h2-3,5,7H,4,6H2,1H3,(H,16,17). The molecule has 1 saturated heterocycles. The van der Waals surface area contributed by atoms with E-state index in [0.29, 0.717) is 0 Å². The summed E-state index contributed by atoms with van der Waals surface area (Å²) in [5.41, 5.74) is 0.472. The number of aromatic nitrogens is 1. The average Bonchev–Trinajstić information content (AvgIpc) is 2.80. The zero-order valence-electron chi connectivity index (χ0n) is 10.2. The molecule has 0 radical (unpaired) electrons. The van der Waals surface area contributed by atoms with Crippen molar-refractivity contribution in [2.75, 3.05) is 18.6 Å². The highest BCUT2D eigenvalue weighted by atomic mass is 16.5. The van der Waals surface area contributed by atoms with Crippen molar-refractivity contribution in [3.05, 3.63) is 24.0 Å². The van der Waals surface area contributed by atoms with E-state index in [1.54, 1.807) is 0 Å². The highest BCUT2D eigenvalue weighted by Crippen LogP contribution is 2.27. The topological polar surface area (TPSA) is 96.8 Å². The van der Waals surface area contributed by atoms with Crippen LogP contribution in [0.3, 0.4) is 0 Å². The van der Waals surface area contributed by atoms with Crippen LogP contribution >= 0.6 is 0 Å². The fourth-order valence-electron chi connectivity index (χ4n) is 1.99. The number of carbonyl (C=O) groups excluding carboxylic acids is 2. The summed E-state index contributed by atoms with van der Waals surface area (Å²) in [6, 6.07) is 1.43. The Labute approximate surface area is 108 Å². The van der Waals surface area contributed by atoms with Crippen molar-refractivity contribution in [3.63, 3.8) is 0 Å². The van der Waals surface area contributed by atoms with E-state index in [-0.39, 0.29) is 30.1 Å². The van der Waals surface area contributed by atoms with Gasteiger partial charge >= 0.3 is 11.9 Å². The third-order valence-corrected chi connectivity index (χ3v) is 2.97. The van der Waals surface area contributed by atoms with Crippen LogP contribution in [0.1, 0.15) is 16.8 Å². The fraction of sp³-hybridized carbons (Fsp3) is 0.333. The maximum atomic E-state index is 11.8. The first-order valence-electron chi connectivity index (χ1n) is 5.60. The van der Waals surface area contributed by atoms with E-state index in [2.05, 4.69) is 9.72 Å². The highest BCUT2D eigenvalue weighted by Gasteiger charge is 2.36. The van der Waals surface area contributed by atoms with Crippen molar-refractivity contribution in [1.29, 1.82) is 0 Å². The number of rotatable bonds is 3. The number of carbonyl (C=O) groups is 3. The van der Waals surface area contributed by atoms with Crippen molar-refractivity contribution in [1.82, 2.24) is 4.98 Å². The van der Waals surface area contributed by atoms with E-state index in [1.165, 1.54) is 30.5 Å². The Balaban J connectivity index is 2.35. The summed E-state index contributed by atoms with van der Waals surface area (Å²) in [5.74, 6) is -2.73. The second-order valence-electron chi connectivity index (χ2n) is 4.13. The van der Waals surface area contributed by atoms with E-state index in [9.17, 15) is 14.4 Å². The molecule has 1 aliphatic heterocycles. The highest BCUT2D eigenvalue weighted by molar-refractivity contribution is 6.05. The van der Waals surface area contributed by atoms with Crippen LogP contribution in [0.25, 0.3) is 0 Å². The van der Waals surface area contributed by atoms with Crippen LogP contribution in [0.15, 0.2) is 18.5 Å². The molecule has 0 aromatic carbocycles. The Kier molecular flexibility index (Phi) is 3.46. The minimum atomic E-state index is -1.03. The molecular weight excluding hydrogens is 252 g/mol. The Hall–Kier alpha value is -2.44. The molecule has 1 unspecified atom stereocenters. The van der Waals surface area contributed by atoms with Crippen LogP contribution in [0.2, 0.25) is 0 Å². The SMILES string of the molecule is COC(=O)c1ccncc1N1CC(C(=O)O)CC1=O. The van der Waals surface area contributed by atoms with Crippen LogP contribution in [-0.2, 0) is 14.3 Å². The van der Waals surface area contributed by atoms with Gasteiger partial charge in [0.05, 0.1) is 30.5 Å². The largest absolute Gasteiger partial charge is 0.481 e. The summed E-state index contributed by atoms with van der Waals surface area (Å²) in [4.78, 5) is 39.5. The van der Waals surface area contributed by atoms with Gasteiger partial charge in [-0.25, -0.2) is 4.79 Å². The van der Waals surface area contributed by atoms with Gasteiger partial charge in [-0.2, -0.15) is 0 Å². The minimum Gasteiger partial charge on any atom is -0.481 e. The Morgan fingerprint density at radius 2 is 2.26 bits per heavy atom. The molecule has 1 amide bonds. The van der Waals surface area contributed by atoms with Crippen molar-refractivity contribution >= 4 is 23.5 Å². The second-order valence-corrected chi connectivity index (χ2v) is 4.13. The number of amides is 1. The maximum Gasteiger partial charge on any atom is 0.340 e. The second kappa shape index (κ2) is 5.05. The van der Waals surface area contributed by atoms with Gasteiger partial charge in [-0.15, -0.1) is 0 Å². The number of esters is 1. The van der Waals surface area contributed by atoms with Crippen LogP contribution in [-0.4, -0.2) is 41.6 Å². The van der Waals surface area contributed by atoms with Crippen LogP contribution in [0.5, 0.6) is 0 Å². The molecule has 1 aromatic rings. The van der Waals surface area contributed by atoms with Gasteiger partial charge in [-0.05, 0) is 6.07 Å². The molecule has 7 nitrogen and oxygen atoms in total. The molecule has 1 atom stereocenters. The quantitative estimate of drug-likeness (QED) is 0.789. The van der Waals surface area contributed by atoms with Gasteiger partial charge in [-0.3, -0.25) is 14.6 Å². The number of anilines is 1. The molecular formula is C12H12N2O5. The van der Waals surface area contributed by atoms with Crippen LogP contribution in [0, 0.1) is 5.92 Å². The lowest BCUT2D eigenvalue weighted by atomic mass is 10.1.